The van der Waals surface area contributed by atoms with Crippen LogP contribution < -0.4 is 5.32 Å². The largest absolute Gasteiger partial charge is 0.444 e. The SMILES string of the molecule is CC(C)(C)OC(=O)NC(Cc1ccccc1)CS(=O)(=O)Cl. The number of benzene rings is 1. The summed E-state index contributed by atoms with van der Waals surface area (Å²) in [6.07, 6.45) is -0.310. The molecule has 0 saturated heterocycles. The number of hydrogen-bond donors (Lipinski definition) is 1. The molecule has 0 radical (unpaired) electrons. The van der Waals surface area contributed by atoms with Crippen LogP contribution in [0.3, 0.4) is 0 Å². The lowest BCUT2D eigenvalue weighted by Crippen LogP contribution is -2.43. The Morgan fingerprint density at radius 3 is 2.33 bits per heavy atom. The lowest BCUT2D eigenvalue weighted by atomic mass is 10.1. The fraction of sp³-hybridized carbons (Fsp3) is 0.500. The third kappa shape index (κ3) is 8.57. The van der Waals surface area contributed by atoms with E-state index in [0.29, 0.717) is 6.42 Å². The minimum atomic E-state index is -3.73. The van der Waals surface area contributed by atoms with E-state index in [9.17, 15) is 13.2 Å². The number of ether oxygens (including phenoxy) is 1. The molecule has 0 fully saturated rings. The summed E-state index contributed by atoms with van der Waals surface area (Å²) in [6.45, 7) is 5.20. The van der Waals surface area contributed by atoms with Gasteiger partial charge in [-0.15, -0.1) is 0 Å². The third-order valence-corrected chi connectivity index (χ3v) is 3.62. The van der Waals surface area contributed by atoms with Crippen LogP contribution in [0.15, 0.2) is 30.3 Å². The van der Waals surface area contributed by atoms with Crippen LogP contribution in [-0.2, 0) is 20.2 Å². The van der Waals surface area contributed by atoms with E-state index in [2.05, 4.69) is 5.32 Å². The van der Waals surface area contributed by atoms with Crippen LogP contribution in [0.25, 0.3) is 0 Å². The van der Waals surface area contributed by atoms with E-state index in [0.717, 1.165) is 5.56 Å². The average Bonchev–Trinajstić information content (AvgIpc) is 2.24. The van der Waals surface area contributed by atoms with E-state index in [1.54, 1.807) is 20.8 Å². The van der Waals surface area contributed by atoms with Gasteiger partial charge in [-0.3, -0.25) is 0 Å². The molecule has 1 unspecified atom stereocenters. The van der Waals surface area contributed by atoms with Crippen molar-refractivity contribution in [1.82, 2.24) is 5.32 Å². The normalized spacial score (nSPS) is 13.5. The molecule has 0 bridgehead atoms. The smallest absolute Gasteiger partial charge is 0.407 e. The molecule has 1 aromatic rings. The summed E-state index contributed by atoms with van der Waals surface area (Å²) in [5.74, 6) is -0.358. The van der Waals surface area contributed by atoms with Crippen molar-refractivity contribution in [3.63, 3.8) is 0 Å². The van der Waals surface area contributed by atoms with E-state index in [1.807, 2.05) is 30.3 Å². The van der Waals surface area contributed by atoms with Crippen molar-refractivity contribution in [2.45, 2.75) is 38.8 Å². The molecule has 0 saturated carbocycles. The number of amides is 1. The first kappa shape index (κ1) is 17.8. The first-order chi connectivity index (χ1) is 9.55. The van der Waals surface area contributed by atoms with Gasteiger partial charge in [0.15, 0.2) is 0 Å². The van der Waals surface area contributed by atoms with Gasteiger partial charge in [0.2, 0.25) is 9.05 Å². The maximum Gasteiger partial charge on any atom is 0.407 e. The summed E-state index contributed by atoms with van der Waals surface area (Å²) < 4.78 is 27.7. The standard InChI is InChI=1S/C14H20ClNO4S/c1-14(2,3)20-13(17)16-12(10-21(15,18)19)9-11-7-5-4-6-8-11/h4-8,12H,9-10H2,1-3H3,(H,16,17). The molecule has 0 spiro atoms. The highest BCUT2D eigenvalue weighted by molar-refractivity contribution is 8.13. The van der Waals surface area contributed by atoms with Crippen LogP contribution in [0.1, 0.15) is 26.3 Å². The first-order valence-corrected chi connectivity index (χ1v) is 8.99. The quantitative estimate of drug-likeness (QED) is 0.841. The van der Waals surface area contributed by atoms with Gasteiger partial charge in [-0.2, -0.15) is 0 Å². The molecule has 0 aliphatic heterocycles. The summed E-state index contributed by atoms with van der Waals surface area (Å²) in [5.41, 5.74) is 0.250. The second-order valence-electron chi connectivity index (χ2n) is 5.74. The van der Waals surface area contributed by atoms with Gasteiger partial charge < -0.3 is 10.1 Å². The topological polar surface area (TPSA) is 72.5 Å². The van der Waals surface area contributed by atoms with Crippen molar-refractivity contribution in [3.05, 3.63) is 35.9 Å². The minimum Gasteiger partial charge on any atom is -0.444 e. The highest BCUT2D eigenvalue weighted by Gasteiger charge is 2.23. The zero-order valence-corrected chi connectivity index (χ0v) is 13.9. The van der Waals surface area contributed by atoms with Gasteiger partial charge in [0.25, 0.3) is 0 Å². The van der Waals surface area contributed by atoms with Gasteiger partial charge in [0.1, 0.15) is 5.60 Å². The van der Waals surface area contributed by atoms with Crippen LogP contribution in [0, 0.1) is 0 Å². The van der Waals surface area contributed by atoms with E-state index < -0.39 is 26.8 Å². The number of hydrogen-bond acceptors (Lipinski definition) is 4. The minimum absolute atomic E-state index is 0.353. The van der Waals surface area contributed by atoms with Crippen LogP contribution in [0.2, 0.25) is 0 Å². The van der Waals surface area contributed by atoms with Crippen molar-refractivity contribution in [1.29, 1.82) is 0 Å². The highest BCUT2D eigenvalue weighted by atomic mass is 35.7. The van der Waals surface area contributed by atoms with E-state index in [1.165, 1.54) is 0 Å². The Balaban J connectivity index is 2.76. The maximum atomic E-state index is 11.8. The lowest BCUT2D eigenvalue weighted by Gasteiger charge is -2.23. The molecule has 1 N–H and O–H groups in total. The van der Waals surface area contributed by atoms with Crippen molar-refractivity contribution in [2.75, 3.05) is 5.75 Å². The van der Waals surface area contributed by atoms with Crippen molar-refractivity contribution >= 4 is 25.8 Å². The van der Waals surface area contributed by atoms with Gasteiger partial charge >= 0.3 is 6.09 Å². The predicted octanol–water partition coefficient (Wildman–Crippen LogP) is 2.69. The molecule has 0 heterocycles. The predicted molar refractivity (Wildman–Crippen MR) is 82.9 cm³/mol. The van der Waals surface area contributed by atoms with Crippen molar-refractivity contribution < 1.29 is 17.9 Å². The van der Waals surface area contributed by atoms with Crippen molar-refractivity contribution in [3.8, 4) is 0 Å². The lowest BCUT2D eigenvalue weighted by molar-refractivity contribution is 0.0509. The monoisotopic (exact) mass is 333 g/mol. The van der Waals surface area contributed by atoms with Crippen molar-refractivity contribution in [2.24, 2.45) is 0 Å². The van der Waals surface area contributed by atoms with E-state index in [4.69, 9.17) is 15.4 Å². The number of rotatable bonds is 5. The zero-order chi connectivity index (χ0) is 16.1. The molecule has 0 aliphatic rings. The maximum absolute atomic E-state index is 11.8. The molecule has 5 nitrogen and oxygen atoms in total. The Bertz CT molecular complexity index is 566. The number of carbonyl (C=O) groups excluding carboxylic acids is 1. The Morgan fingerprint density at radius 1 is 1.29 bits per heavy atom. The summed E-state index contributed by atoms with van der Waals surface area (Å²) >= 11 is 0. The Morgan fingerprint density at radius 2 is 1.86 bits per heavy atom. The molecule has 118 valence electrons. The van der Waals surface area contributed by atoms with Crippen LogP contribution in [-0.4, -0.2) is 31.9 Å². The zero-order valence-electron chi connectivity index (χ0n) is 12.3. The fourth-order valence-corrected chi connectivity index (χ4v) is 2.90. The summed E-state index contributed by atoms with van der Waals surface area (Å²) in [4.78, 5) is 11.8. The van der Waals surface area contributed by atoms with Gasteiger partial charge in [-0.25, -0.2) is 13.2 Å². The molecule has 1 rings (SSSR count). The molecule has 7 heteroatoms. The Kier molecular flexibility index (Phi) is 6.04. The molecule has 0 aliphatic carbocycles. The second kappa shape index (κ2) is 7.13. The van der Waals surface area contributed by atoms with Crippen LogP contribution in [0.4, 0.5) is 4.79 Å². The molecule has 0 aromatic heterocycles. The number of alkyl carbamates (subject to hydrolysis) is 1. The van der Waals surface area contributed by atoms with Crippen LogP contribution >= 0.6 is 10.7 Å². The van der Waals surface area contributed by atoms with Gasteiger partial charge in [0, 0.05) is 10.7 Å². The molecule has 1 aromatic carbocycles. The number of halogens is 1. The first-order valence-electron chi connectivity index (χ1n) is 6.51. The summed E-state index contributed by atoms with van der Waals surface area (Å²) in [5, 5.41) is 2.55. The third-order valence-electron chi connectivity index (χ3n) is 2.45. The van der Waals surface area contributed by atoms with E-state index in [-0.39, 0.29) is 5.75 Å². The highest BCUT2D eigenvalue weighted by Crippen LogP contribution is 2.10. The summed E-state index contributed by atoms with van der Waals surface area (Å²) in [6, 6.07) is 8.60. The van der Waals surface area contributed by atoms with Crippen LogP contribution in [0.5, 0.6) is 0 Å². The molecular weight excluding hydrogens is 314 g/mol. The second-order valence-corrected chi connectivity index (χ2v) is 8.56. The van der Waals surface area contributed by atoms with Gasteiger partial charge in [0.05, 0.1) is 11.8 Å². The van der Waals surface area contributed by atoms with E-state index >= 15 is 0 Å². The Labute approximate surface area is 130 Å². The summed E-state index contributed by atoms with van der Waals surface area (Å²) in [7, 11) is 1.56. The number of carbonyl (C=O) groups is 1. The van der Waals surface area contributed by atoms with Gasteiger partial charge in [-0.1, -0.05) is 30.3 Å². The molecule has 1 amide bonds. The Hall–Kier alpha value is -1.27. The van der Waals surface area contributed by atoms with Gasteiger partial charge in [-0.05, 0) is 32.8 Å². The molecular formula is C14H20ClNO4S. The number of nitrogens with one attached hydrogen (secondary N) is 1. The molecule has 21 heavy (non-hydrogen) atoms. The molecule has 1 atom stereocenters. The average molecular weight is 334 g/mol. The fourth-order valence-electron chi connectivity index (χ4n) is 1.76.